The molecule has 1 heterocycles. The number of nitrogens with zero attached hydrogens (tertiary/aromatic N) is 1. The molecule has 1 unspecified atom stereocenters. The molecule has 2 aromatic rings. The van der Waals surface area contributed by atoms with Crippen LogP contribution in [0.4, 0.5) is 11.4 Å². The van der Waals surface area contributed by atoms with Gasteiger partial charge in [-0.05, 0) is 49.7 Å². The summed E-state index contributed by atoms with van der Waals surface area (Å²) in [5.41, 5.74) is 1.19. The molecular formula is C22H22Cl2N2O4. The third-order valence-electron chi connectivity index (χ3n) is 4.46. The molecule has 2 amide bonds. The molecular weight excluding hydrogens is 427 g/mol. The van der Waals surface area contributed by atoms with Crippen molar-refractivity contribution in [3.63, 3.8) is 0 Å². The molecule has 1 aliphatic rings. The van der Waals surface area contributed by atoms with E-state index in [1.165, 1.54) is 0 Å². The molecule has 0 spiro atoms. The number of carbonyl (C=O) groups excluding carboxylic acids is 2. The highest BCUT2D eigenvalue weighted by molar-refractivity contribution is 6.35. The summed E-state index contributed by atoms with van der Waals surface area (Å²) in [6.07, 6.45) is 1.87. The van der Waals surface area contributed by atoms with Crippen LogP contribution in [0.1, 0.15) is 19.8 Å². The standard InChI is InChI=1S/C22H22Cl2N2O4/c1-3-10-26-18-13-16(7-9-20(18)30-14(2)22(26)28)25-21(27)5-4-11-29-19-8-6-15(23)12-17(19)24/h3,6-9,12-14H,1,4-5,10-11H2,2H3,(H,25,27). The molecule has 1 N–H and O–H groups in total. The minimum Gasteiger partial charge on any atom is -0.492 e. The molecule has 0 saturated carbocycles. The Bertz CT molecular complexity index is 964. The van der Waals surface area contributed by atoms with E-state index in [4.69, 9.17) is 32.7 Å². The molecule has 1 atom stereocenters. The van der Waals surface area contributed by atoms with E-state index in [2.05, 4.69) is 11.9 Å². The number of hydrogen-bond donors (Lipinski definition) is 1. The summed E-state index contributed by atoms with van der Waals surface area (Å²) in [4.78, 5) is 26.3. The highest BCUT2D eigenvalue weighted by Crippen LogP contribution is 2.36. The van der Waals surface area contributed by atoms with Gasteiger partial charge in [-0.1, -0.05) is 29.3 Å². The lowest BCUT2D eigenvalue weighted by atomic mass is 10.1. The second kappa shape index (κ2) is 9.87. The Hall–Kier alpha value is -2.70. The zero-order chi connectivity index (χ0) is 21.7. The SMILES string of the molecule is C=CCN1C(=O)C(C)Oc2ccc(NC(=O)CCCOc3ccc(Cl)cc3Cl)cc21. The van der Waals surface area contributed by atoms with Crippen molar-refractivity contribution in [3.8, 4) is 11.5 Å². The molecule has 0 bridgehead atoms. The summed E-state index contributed by atoms with van der Waals surface area (Å²) >= 11 is 11.9. The number of anilines is 2. The number of nitrogens with one attached hydrogen (secondary N) is 1. The van der Waals surface area contributed by atoms with Crippen LogP contribution in [0, 0.1) is 0 Å². The fourth-order valence-corrected chi connectivity index (χ4v) is 3.50. The molecule has 6 nitrogen and oxygen atoms in total. The van der Waals surface area contributed by atoms with Crippen molar-refractivity contribution in [2.45, 2.75) is 25.9 Å². The highest BCUT2D eigenvalue weighted by atomic mass is 35.5. The van der Waals surface area contributed by atoms with E-state index in [0.717, 1.165) is 0 Å². The molecule has 0 saturated heterocycles. The maximum Gasteiger partial charge on any atom is 0.268 e. The zero-order valence-corrected chi connectivity index (χ0v) is 18.0. The number of hydrogen-bond acceptors (Lipinski definition) is 4. The van der Waals surface area contributed by atoms with Crippen LogP contribution < -0.4 is 19.7 Å². The first-order chi connectivity index (χ1) is 14.4. The predicted octanol–water partition coefficient (Wildman–Crippen LogP) is 5.09. The van der Waals surface area contributed by atoms with Crippen LogP contribution in [0.25, 0.3) is 0 Å². The van der Waals surface area contributed by atoms with E-state index in [-0.39, 0.29) is 18.2 Å². The van der Waals surface area contributed by atoms with E-state index in [9.17, 15) is 9.59 Å². The number of rotatable bonds is 8. The summed E-state index contributed by atoms with van der Waals surface area (Å²) in [6.45, 7) is 6.11. The molecule has 30 heavy (non-hydrogen) atoms. The summed E-state index contributed by atoms with van der Waals surface area (Å²) in [5, 5.41) is 3.80. The van der Waals surface area contributed by atoms with Gasteiger partial charge in [-0.2, -0.15) is 0 Å². The van der Waals surface area contributed by atoms with Crippen LogP contribution in [0.5, 0.6) is 11.5 Å². The van der Waals surface area contributed by atoms with Crippen LogP contribution in [-0.2, 0) is 9.59 Å². The second-order valence-electron chi connectivity index (χ2n) is 6.76. The maximum atomic E-state index is 12.4. The van der Waals surface area contributed by atoms with Crippen molar-refractivity contribution in [3.05, 3.63) is 59.1 Å². The number of fused-ring (bicyclic) bond motifs is 1. The molecule has 0 aliphatic carbocycles. The van der Waals surface area contributed by atoms with Crippen LogP contribution in [0.3, 0.4) is 0 Å². The van der Waals surface area contributed by atoms with Gasteiger partial charge in [0, 0.05) is 23.7 Å². The second-order valence-corrected chi connectivity index (χ2v) is 7.60. The van der Waals surface area contributed by atoms with Crippen LogP contribution in [0.2, 0.25) is 10.0 Å². The first-order valence-corrected chi connectivity index (χ1v) is 10.3. The Morgan fingerprint density at radius 3 is 2.83 bits per heavy atom. The lowest BCUT2D eigenvalue weighted by Crippen LogP contribution is -2.44. The Morgan fingerprint density at radius 1 is 1.30 bits per heavy atom. The zero-order valence-electron chi connectivity index (χ0n) is 16.5. The minimum absolute atomic E-state index is 0.149. The Labute approximate surface area is 185 Å². The minimum atomic E-state index is -0.563. The van der Waals surface area contributed by atoms with Crippen LogP contribution in [-0.4, -0.2) is 31.1 Å². The first-order valence-electron chi connectivity index (χ1n) is 9.49. The number of benzene rings is 2. The predicted molar refractivity (Wildman–Crippen MR) is 119 cm³/mol. The summed E-state index contributed by atoms with van der Waals surface area (Å²) in [5.74, 6) is 0.809. The van der Waals surface area contributed by atoms with Crippen molar-refractivity contribution in [1.29, 1.82) is 0 Å². The van der Waals surface area contributed by atoms with Gasteiger partial charge in [-0.3, -0.25) is 9.59 Å². The van der Waals surface area contributed by atoms with Crippen molar-refractivity contribution >= 4 is 46.4 Å². The van der Waals surface area contributed by atoms with Crippen LogP contribution in [0.15, 0.2) is 49.1 Å². The Balaban J connectivity index is 1.55. The number of amides is 2. The van der Waals surface area contributed by atoms with E-state index in [1.807, 2.05) is 0 Å². The molecule has 0 radical (unpaired) electrons. The quantitative estimate of drug-likeness (QED) is 0.450. The van der Waals surface area contributed by atoms with Gasteiger partial charge < -0.3 is 19.7 Å². The molecule has 0 fully saturated rings. The molecule has 8 heteroatoms. The third kappa shape index (κ3) is 5.26. The van der Waals surface area contributed by atoms with Gasteiger partial charge in [0.1, 0.15) is 11.5 Å². The maximum absolute atomic E-state index is 12.4. The lowest BCUT2D eigenvalue weighted by Gasteiger charge is -2.32. The summed E-state index contributed by atoms with van der Waals surface area (Å²) in [6, 6.07) is 10.2. The van der Waals surface area contributed by atoms with E-state index in [1.54, 1.807) is 54.3 Å². The largest absolute Gasteiger partial charge is 0.492 e. The Morgan fingerprint density at radius 2 is 2.10 bits per heavy atom. The smallest absolute Gasteiger partial charge is 0.268 e. The normalized spacial score (nSPS) is 15.2. The fraction of sp³-hybridized carbons (Fsp3) is 0.273. The van der Waals surface area contributed by atoms with Crippen LogP contribution >= 0.6 is 23.2 Å². The highest BCUT2D eigenvalue weighted by Gasteiger charge is 2.30. The van der Waals surface area contributed by atoms with Gasteiger partial charge in [0.15, 0.2) is 6.10 Å². The van der Waals surface area contributed by atoms with Gasteiger partial charge in [-0.15, -0.1) is 6.58 Å². The van der Waals surface area contributed by atoms with Crippen molar-refractivity contribution in [1.82, 2.24) is 0 Å². The topological polar surface area (TPSA) is 67.9 Å². The van der Waals surface area contributed by atoms with Gasteiger partial charge in [0.25, 0.3) is 5.91 Å². The van der Waals surface area contributed by atoms with Gasteiger partial charge in [-0.25, -0.2) is 0 Å². The lowest BCUT2D eigenvalue weighted by molar-refractivity contribution is -0.125. The first kappa shape index (κ1) is 22.0. The van der Waals surface area contributed by atoms with Crippen molar-refractivity contribution < 1.29 is 19.1 Å². The van der Waals surface area contributed by atoms with Crippen molar-refractivity contribution in [2.24, 2.45) is 0 Å². The molecule has 1 aliphatic heterocycles. The molecule has 158 valence electrons. The number of halogens is 2. The Kier molecular flexibility index (Phi) is 7.24. The van der Waals surface area contributed by atoms with E-state index in [0.29, 0.717) is 52.5 Å². The number of carbonyl (C=O) groups is 2. The monoisotopic (exact) mass is 448 g/mol. The average molecular weight is 449 g/mol. The number of ether oxygens (including phenoxy) is 2. The average Bonchev–Trinajstić information content (AvgIpc) is 2.70. The third-order valence-corrected chi connectivity index (χ3v) is 4.99. The van der Waals surface area contributed by atoms with E-state index < -0.39 is 6.10 Å². The van der Waals surface area contributed by atoms with Gasteiger partial charge >= 0.3 is 0 Å². The molecule has 3 rings (SSSR count). The summed E-state index contributed by atoms with van der Waals surface area (Å²) in [7, 11) is 0. The van der Waals surface area contributed by atoms with E-state index >= 15 is 0 Å². The molecule has 0 aromatic heterocycles. The van der Waals surface area contributed by atoms with Gasteiger partial charge in [0.05, 0.1) is 17.3 Å². The molecule has 2 aromatic carbocycles. The van der Waals surface area contributed by atoms with Gasteiger partial charge in [0.2, 0.25) is 5.91 Å². The van der Waals surface area contributed by atoms with Crippen molar-refractivity contribution in [2.75, 3.05) is 23.4 Å². The fourth-order valence-electron chi connectivity index (χ4n) is 3.03. The summed E-state index contributed by atoms with van der Waals surface area (Å²) < 4.78 is 11.2.